The Balaban J connectivity index is 2.04. The number of hydrogen-bond acceptors (Lipinski definition) is 3. The minimum atomic E-state index is -0.718. The number of nitrogens with zero attached hydrogens (tertiary/aromatic N) is 1. The largest absolute Gasteiger partial charge is 0.387 e. The molecule has 102 valence electrons. The molecule has 0 saturated heterocycles. The van der Waals surface area contributed by atoms with E-state index in [4.69, 9.17) is 5.26 Å². The molecule has 2 N–H and O–H groups in total. The maximum atomic E-state index is 13.7. The molecule has 0 spiro atoms. The van der Waals surface area contributed by atoms with Gasteiger partial charge in [-0.05, 0) is 30.7 Å². The van der Waals surface area contributed by atoms with Gasteiger partial charge in [-0.15, -0.1) is 0 Å². The molecule has 0 fully saturated rings. The minimum Gasteiger partial charge on any atom is -0.387 e. The average molecular weight is 270 g/mol. The molecule has 0 amide bonds. The van der Waals surface area contributed by atoms with Gasteiger partial charge in [-0.1, -0.05) is 29.8 Å². The zero-order chi connectivity index (χ0) is 14.5. The van der Waals surface area contributed by atoms with Crippen molar-refractivity contribution < 1.29 is 9.50 Å². The summed E-state index contributed by atoms with van der Waals surface area (Å²) in [5, 5.41) is 21.6. The van der Waals surface area contributed by atoms with E-state index in [0.717, 1.165) is 11.1 Å². The number of anilines is 1. The smallest absolute Gasteiger partial charge is 0.147 e. The molecule has 0 bridgehead atoms. The normalized spacial score (nSPS) is 11.7. The Hall–Kier alpha value is -2.38. The van der Waals surface area contributed by atoms with Crippen LogP contribution in [0.3, 0.4) is 0 Å². The number of nitriles is 1. The highest BCUT2D eigenvalue weighted by molar-refractivity contribution is 5.49. The Bertz CT molecular complexity index is 649. The lowest BCUT2D eigenvalue weighted by atomic mass is 10.1. The van der Waals surface area contributed by atoms with E-state index in [1.165, 1.54) is 18.2 Å². The minimum absolute atomic E-state index is 0.201. The third-order valence-corrected chi connectivity index (χ3v) is 3.01. The summed E-state index contributed by atoms with van der Waals surface area (Å²) in [6.07, 6.45) is -0.718. The lowest BCUT2D eigenvalue weighted by Gasteiger charge is -2.14. The van der Waals surface area contributed by atoms with E-state index in [0.29, 0.717) is 0 Å². The second kappa shape index (κ2) is 6.18. The molecule has 4 heteroatoms. The van der Waals surface area contributed by atoms with Crippen molar-refractivity contribution in [3.05, 3.63) is 65.0 Å². The molecule has 0 aromatic heterocycles. The zero-order valence-corrected chi connectivity index (χ0v) is 11.1. The number of aliphatic hydroxyl groups is 1. The number of aryl methyl sites for hydroxylation is 1. The monoisotopic (exact) mass is 270 g/mol. The number of nitrogens with one attached hydrogen (secondary N) is 1. The van der Waals surface area contributed by atoms with Gasteiger partial charge in [-0.25, -0.2) is 4.39 Å². The quantitative estimate of drug-likeness (QED) is 0.897. The second-order valence-corrected chi connectivity index (χ2v) is 4.62. The van der Waals surface area contributed by atoms with Crippen molar-refractivity contribution in [2.45, 2.75) is 13.0 Å². The summed E-state index contributed by atoms with van der Waals surface area (Å²) in [4.78, 5) is 0. The first kappa shape index (κ1) is 14.0. The Kier molecular flexibility index (Phi) is 4.34. The number of halogens is 1. The summed E-state index contributed by atoms with van der Waals surface area (Å²) in [7, 11) is 0. The summed E-state index contributed by atoms with van der Waals surface area (Å²) < 4.78 is 13.7. The highest BCUT2D eigenvalue weighted by atomic mass is 19.1. The first-order valence-electron chi connectivity index (χ1n) is 6.28. The van der Waals surface area contributed by atoms with Crippen LogP contribution in [0.15, 0.2) is 42.5 Å². The Labute approximate surface area is 117 Å². The summed E-state index contributed by atoms with van der Waals surface area (Å²) in [5.74, 6) is -0.500. The summed E-state index contributed by atoms with van der Waals surface area (Å²) >= 11 is 0. The van der Waals surface area contributed by atoms with Crippen molar-refractivity contribution in [2.75, 3.05) is 11.9 Å². The maximum Gasteiger partial charge on any atom is 0.147 e. The van der Waals surface area contributed by atoms with Gasteiger partial charge in [-0.3, -0.25) is 0 Å². The van der Waals surface area contributed by atoms with Crippen LogP contribution in [-0.2, 0) is 0 Å². The molecule has 2 aromatic rings. The molecule has 0 aliphatic carbocycles. The van der Waals surface area contributed by atoms with Crippen LogP contribution in [-0.4, -0.2) is 11.7 Å². The van der Waals surface area contributed by atoms with Crippen LogP contribution < -0.4 is 5.32 Å². The highest BCUT2D eigenvalue weighted by Crippen LogP contribution is 2.18. The molecular formula is C16H15FN2O. The predicted octanol–water partition coefficient (Wildman–Crippen LogP) is 3.15. The van der Waals surface area contributed by atoms with Crippen LogP contribution in [0.1, 0.15) is 22.8 Å². The summed E-state index contributed by atoms with van der Waals surface area (Å²) in [6, 6.07) is 13.6. The van der Waals surface area contributed by atoms with E-state index in [1.807, 2.05) is 37.3 Å². The molecule has 0 aliphatic rings. The third-order valence-electron chi connectivity index (χ3n) is 3.01. The van der Waals surface area contributed by atoms with Crippen molar-refractivity contribution >= 4 is 5.69 Å². The van der Waals surface area contributed by atoms with Gasteiger partial charge in [0.05, 0.1) is 23.4 Å². The van der Waals surface area contributed by atoms with Crippen LogP contribution in [0.25, 0.3) is 0 Å². The van der Waals surface area contributed by atoms with Gasteiger partial charge in [0.15, 0.2) is 0 Å². The molecule has 1 unspecified atom stereocenters. The van der Waals surface area contributed by atoms with Gasteiger partial charge < -0.3 is 10.4 Å². The maximum absolute atomic E-state index is 13.7. The highest BCUT2D eigenvalue weighted by Gasteiger charge is 2.09. The zero-order valence-electron chi connectivity index (χ0n) is 11.1. The van der Waals surface area contributed by atoms with Gasteiger partial charge in [0.1, 0.15) is 5.82 Å². The van der Waals surface area contributed by atoms with Crippen LogP contribution in [0.2, 0.25) is 0 Å². The van der Waals surface area contributed by atoms with Crippen LogP contribution in [0.4, 0.5) is 10.1 Å². The standard InChI is InChI=1S/C16H15FN2O/c1-11-3-2-4-13(7-11)16(20)10-19-15-6-5-12(9-18)8-14(15)17/h2-8,16,19-20H,10H2,1H3. The molecular weight excluding hydrogens is 255 g/mol. The molecule has 0 aliphatic heterocycles. The average Bonchev–Trinajstić information content (AvgIpc) is 2.45. The van der Waals surface area contributed by atoms with Gasteiger partial charge in [0.2, 0.25) is 0 Å². The van der Waals surface area contributed by atoms with E-state index < -0.39 is 11.9 Å². The van der Waals surface area contributed by atoms with Crippen molar-refractivity contribution in [1.29, 1.82) is 5.26 Å². The molecule has 0 radical (unpaired) electrons. The number of rotatable bonds is 4. The Morgan fingerprint density at radius 2 is 2.10 bits per heavy atom. The fourth-order valence-electron chi connectivity index (χ4n) is 1.93. The van der Waals surface area contributed by atoms with E-state index in [1.54, 1.807) is 0 Å². The molecule has 2 rings (SSSR count). The number of hydrogen-bond donors (Lipinski definition) is 2. The second-order valence-electron chi connectivity index (χ2n) is 4.62. The molecule has 20 heavy (non-hydrogen) atoms. The van der Waals surface area contributed by atoms with Crippen molar-refractivity contribution in [3.8, 4) is 6.07 Å². The van der Waals surface area contributed by atoms with Crippen LogP contribution >= 0.6 is 0 Å². The van der Waals surface area contributed by atoms with Gasteiger partial charge >= 0.3 is 0 Å². The lowest BCUT2D eigenvalue weighted by molar-refractivity contribution is 0.191. The molecule has 0 heterocycles. The van der Waals surface area contributed by atoms with Crippen molar-refractivity contribution in [3.63, 3.8) is 0 Å². The van der Waals surface area contributed by atoms with E-state index >= 15 is 0 Å². The SMILES string of the molecule is Cc1cccc(C(O)CNc2ccc(C#N)cc2F)c1. The van der Waals surface area contributed by atoms with Crippen LogP contribution in [0, 0.1) is 24.1 Å². The lowest BCUT2D eigenvalue weighted by Crippen LogP contribution is -2.13. The topological polar surface area (TPSA) is 56.0 Å². The van der Waals surface area contributed by atoms with Gasteiger partial charge in [0, 0.05) is 6.54 Å². The number of aliphatic hydroxyl groups excluding tert-OH is 1. The summed E-state index contributed by atoms with van der Waals surface area (Å²) in [6.45, 7) is 2.15. The van der Waals surface area contributed by atoms with Gasteiger partial charge in [-0.2, -0.15) is 5.26 Å². The fourth-order valence-corrected chi connectivity index (χ4v) is 1.93. The molecule has 1 atom stereocenters. The van der Waals surface area contributed by atoms with Gasteiger partial charge in [0.25, 0.3) is 0 Å². The molecule has 0 saturated carbocycles. The molecule has 2 aromatic carbocycles. The predicted molar refractivity (Wildman–Crippen MR) is 75.7 cm³/mol. The molecule has 3 nitrogen and oxygen atoms in total. The van der Waals surface area contributed by atoms with Crippen LogP contribution in [0.5, 0.6) is 0 Å². The van der Waals surface area contributed by atoms with E-state index in [9.17, 15) is 9.50 Å². The Morgan fingerprint density at radius 1 is 1.30 bits per heavy atom. The third kappa shape index (κ3) is 3.34. The Morgan fingerprint density at radius 3 is 2.75 bits per heavy atom. The van der Waals surface area contributed by atoms with Crippen molar-refractivity contribution in [1.82, 2.24) is 0 Å². The number of benzene rings is 2. The van der Waals surface area contributed by atoms with E-state index in [2.05, 4.69) is 5.32 Å². The summed E-state index contributed by atoms with van der Waals surface area (Å²) in [5.41, 5.74) is 2.39. The first-order chi connectivity index (χ1) is 9.60. The first-order valence-corrected chi connectivity index (χ1v) is 6.28. The fraction of sp³-hybridized carbons (Fsp3) is 0.188. The van der Waals surface area contributed by atoms with Crippen molar-refractivity contribution in [2.24, 2.45) is 0 Å². The van der Waals surface area contributed by atoms with E-state index in [-0.39, 0.29) is 17.8 Å².